The van der Waals surface area contributed by atoms with E-state index in [9.17, 15) is 9.59 Å². The van der Waals surface area contributed by atoms with Crippen LogP contribution in [0.5, 0.6) is 0 Å². The normalized spacial score (nSPS) is 11.8. The van der Waals surface area contributed by atoms with E-state index in [0.717, 1.165) is 18.4 Å². The van der Waals surface area contributed by atoms with Crippen LogP contribution in [0.1, 0.15) is 70.3 Å². The Hall–Kier alpha value is -2.04. The SMILES string of the molecule is CCNC(=NCc1ccc(C(=O)N(C)C)cc1)NCC(CC)(CC)NC(=O)OC(C)(C)C.I. The van der Waals surface area contributed by atoms with E-state index in [4.69, 9.17) is 4.74 Å². The Morgan fingerprint density at radius 1 is 1.00 bits per heavy atom. The predicted molar refractivity (Wildman–Crippen MR) is 145 cm³/mol. The number of hydrogen-bond donors (Lipinski definition) is 3. The number of hydrogen-bond acceptors (Lipinski definition) is 4. The molecule has 0 aromatic heterocycles. The van der Waals surface area contributed by atoms with Crippen molar-refractivity contribution in [3.63, 3.8) is 0 Å². The molecule has 0 bridgehead atoms. The number of amides is 2. The Balaban J connectivity index is 0.0000102. The van der Waals surface area contributed by atoms with E-state index in [-0.39, 0.29) is 29.9 Å². The summed E-state index contributed by atoms with van der Waals surface area (Å²) in [6, 6.07) is 7.46. The monoisotopic (exact) mass is 575 g/mol. The van der Waals surface area contributed by atoms with Gasteiger partial charge in [0.1, 0.15) is 5.60 Å². The van der Waals surface area contributed by atoms with Gasteiger partial charge in [-0.25, -0.2) is 9.79 Å². The van der Waals surface area contributed by atoms with Crippen molar-refractivity contribution in [3.05, 3.63) is 35.4 Å². The highest BCUT2D eigenvalue weighted by atomic mass is 127. The number of carbonyl (C=O) groups is 2. The van der Waals surface area contributed by atoms with Gasteiger partial charge in [0.05, 0.1) is 12.1 Å². The third kappa shape index (κ3) is 11.1. The molecule has 0 spiro atoms. The van der Waals surface area contributed by atoms with E-state index < -0.39 is 17.2 Å². The molecular formula is C24H42IN5O3. The molecule has 33 heavy (non-hydrogen) atoms. The smallest absolute Gasteiger partial charge is 0.408 e. The second-order valence-electron chi connectivity index (χ2n) is 9.06. The zero-order valence-electron chi connectivity index (χ0n) is 21.4. The maximum atomic E-state index is 12.4. The van der Waals surface area contributed by atoms with Crippen LogP contribution in [0.2, 0.25) is 0 Å². The van der Waals surface area contributed by atoms with Crippen molar-refractivity contribution in [2.75, 3.05) is 27.2 Å². The van der Waals surface area contributed by atoms with Gasteiger partial charge in [0, 0.05) is 32.7 Å². The Morgan fingerprint density at radius 3 is 2.03 bits per heavy atom. The molecule has 0 saturated carbocycles. The third-order valence-corrected chi connectivity index (χ3v) is 5.08. The van der Waals surface area contributed by atoms with Crippen LogP contribution < -0.4 is 16.0 Å². The highest BCUT2D eigenvalue weighted by Gasteiger charge is 2.30. The van der Waals surface area contributed by atoms with Crippen molar-refractivity contribution < 1.29 is 14.3 Å². The van der Waals surface area contributed by atoms with Gasteiger partial charge in [-0.2, -0.15) is 0 Å². The minimum absolute atomic E-state index is 0. The highest BCUT2D eigenvalue weighted by Crippen LogP contribution is 2.16. The van der Waals surface area contributed by atoms with Gasteiger partial charge in [0.25, 0.3) is 5.91 Å². The molecule has 0 atom stereocenters. The van der Waals surface area contributed by atoms with Crippen LogP contribution in [0.3, 0.4) is 0 Å². The van der Waals surface area contributed by atoms with Crippen molar-refractivity contribution in [3.8, 4) is 0 Å². The molecule has 1 rings (SSSR count). The van der Waals surface area contributed by atoms with Crippen LogP contribution in [0.4, 0.5) is 4.79 Å². The highest BCUT2D eigenvalue weighted by molar-refractivity contribution is 14.0. The molecule has 0 fully saturated rings. The summed E-state index contributed by atoms with van der Waals surface area (Å²) >= 11 is 0. The first-order valence-electron chi connectivity index (χ1n) is 11.3. The van der Waals surface area contributed by atoms with Crippen molar-refractivity contribution in [2.24, 2.45) is 4.99 Å². The average Bonchev–Trinajstić information content (AvgIpc) is 2.73. The standard InChI is InChI=1S/C24H41N5O3.HI/c1-9-24(10-2,28-22(31)32-23(4,5)6)17-27-21(25-11-3)26-16-18-12-14-19(15-13-18)20(30)29(7)8;/h12-15H,9-11,16-17H2,1-8H3,(H,28,31)(H2,25,26,27);1H. The first-order chi connectivity index (χ1) is 14.9. The molecule has 0 radical (unpaired) electrons. The van der Waals surface area contributed by atoms with Crippen LogP contribution in [0, 0.1) is 0 Å². The molecule has 2 amide bonds. The van der Waals surface area contributed by atoms with Gasteiger partial charge in [-0.05, 0) is 58.2 Å². The molecule has 0 saturated heterocycles. The number of benzene rings is 1. The van der Waals surface area contributed by atoms with Crippen LogP contribution in [0.15, 0.2) is 29.3 Å². The third-order valence-electron chi connectivity index (χ3n) is 5.08. The lowest BCUT2D eigenvalue weighted by Crippen LogP contribution is -2.57. The van der Waals surface area contributed by atoms with Crippen molar-refractivity contribution in [1.82, 2.24) is 20.9 Å². The number of nitrogens with one attached hydrogen (secondary N) is 3. The molecule has 8 nitrogen and oxygen atoms in total. The molecule has 9 heteroatoms. The molecule has 188 valence electrons. The number of guanidine groups is 1. The number of aliphatic imine (C=N–C) groups is 1. The number of carbonyl (C=O) groups excluding carboxylic acids is 2. The van der Waals surface area contributed by atoms with Crippen LogP contribution in [-0.2, 0) is 11.3 Å². The molecule has 1 aromatic rings. The first-order valence-corrected chi connectivity index (χ1v) is 11.3. The lowest BCUT2D eigenvalue weighted by molar-refractivity contribution is 0.0448. The van der Waals surface area contributed by atoms with E-state index >= 15 is 0 Å². The van der Waals surface area contributed by atoms with Gasteiger partial charge < -0.3 is 25.6 Å². The molecule has 0 aliphatic rings. The lowest BCUT2D eigenvalue weighted by atomic mass is 9.93. The Kier molecular flexibility index (Phi) is 13.4. The van der Waals surface area contributed by atoms with Crippen LogP contribution in [-0.4, -0.2) is 61.2 Å². The van der Waals surface area contributed by atoms with Gasteiger partial charge >= 0.3 is 6.09 Å². The predicted octanol–water partition coefficient (Wildman–Crippen LogP) is 4.15. The average molecular weight is 576 g/mol. The van der Waals surface area contributed by atoms with Gasteiger partial charge in [0.2, 0.25) is 0 Å². The Bertz CT molecular complexity index is 769. The van der Waals surface area contributed by atoms with Crippen molar-refractivity contribution >= 4 is 41.9 Å². The molecular weight excluding hydrogens is 533 g/mol. The van der Waals surface area contributed by atoms with E-state index in [2.05, 4.69) is 20.9 Å². The lowest BCUT2D eigenvalue weighted by Gasteiger charge is -2.34. The molecule has 0 aliphatic carbocycles. The molecule has 0 unspecified atom stereocenters. The van der Waals surface area contributed by atoms with E-state index in [1.807, 2.05) is 65.8 Å². The minimum Gasteiger partial charge on any atom is -0.444 e. The summed E-state index contributed by atoms with van der Waals surface area (Å²) in [4.78, 5) is 30.6. The number of alkyl carbamates (subject to hydrolysis) is 1. The van der Waals surface area contributed by atoms with Crippen LogP contribution in [0.25, 0.3) is 0 Å². The van der Waals surface area contributed by atoms with E-state index in [1.54, 1.807) is 19.0 Å². The maximum Gasteiger partial charge on any atom is 0.408 e. The fourth-order valence-corrected chi connectivity index (χ4v) is 3.02. The van der Waals surface area contributed by atoms with E-state index in [1.165, 1.54) is 0 Å². The fourth-order valence-electron chi connectivity index (χ4n) is 3.02. The summed E-state index contributed by atoms with van der Waals surface area (Å²) in [5.74, 6) is 0.640. The molecule has 0 aliphatic heterocycles. The van der Waals surface area contributed by atoms with Gasteiger partial charge in [-0.15, -0.1) is 24.0 Å². The number of nitrogens with zero attached hydrogens (tertiary/aromatic N) is 2. The second kappa shape index (κ2) is 14.3. The first kappa shape index (κ1) is 31.0. The summed E-state index contributed by atoms with van der Waals surface area (Å²) < 4.78 is 5.45. The topological polar surface area (TPSA) is 95.1 Å². The van der Waals surface area contributed by atoms with Gasteiger partial charge in [-0.3, -0.25) is 4.79 Å². The van der Waals surface area contributed by atoms with Crippen molar-refractivity contribution in [2.45, 2.75) is 72.1 Å². The fraction of sp³-hybridized carbons (Fsp3) is 0.625. The Labute approximate surface area is 216 Å². The summed E-state index contributed by atoms with van der Waals surface area (Å²) in [6.45, 7) is 13.3. The molecule has 0 heterocycles. The number of rotatable bonds is 9. The minimum atomic E-state index is -0.548. The quantitative estimate of drug-likeness (QED) is 0.234. The van der Waals surface area contributed by atoms with Gasteiger partial charge in [0.15, 0.2) is 5.96 Å². The maximum absolute atomic E-state index is 12.4. The number of ether oxygens (including phenoxy) is 1. The molecule has 1 aromatic carbocycles. The Morgan fingerprint density at radius 2 is 1.58 bits per heavy atom. The number of halogens is 1. The summed E-state index contributed by atoms with van der Waals surface area (Å²) in [7, 11) is 3.47. The zero-order valence-corrected chi connectivity index (χ0v) is 23.7. The zero-order chi connectivity index (χ0) is 24.4. The van der Waals surface area contributed by atoms with E-state index in [0.29, 0.717) is 31.2 Å². The molecule has 3 N–H and O–H groups in total. The second-order valence-corrected chi connectivity index (χ2v) is 9.06. The summed E-state index contributed by atoms with van der Waals surface area (Å²) in [6.07, 6.45) is 1.07. The van der Waals surface area contributed by atoms with Crippen molar-refractivity contribution in [1.29, 1.82) is 0 Å². The largest absolute Gasteiger partial charge is 0.444 e. The van der Waals surface area contributed by atoms with Crippen LogP contribution >= 0.6 is 24.0 Å². The van der Waals surface area contributed by atoms with Gasteiger partial charge in [-0.1, -0.05) is 26.0 Å². The summed E-state index contributed by atoms with van der Waals surface area (Å²) in [5, 5.41) is 9.64. The summed E-state index contributed by atoms with van der Waals surface area (Å²) in [5.41, 5.74) is 0.652.